The van der Waals surface area contributed by atoms with E-state index in [1.807, 2.05) is 0 Å². The molecule has 1 aliphatic carbocycles. The summed E-state index contributed by atoms with van der Waals surface area (Å²) in [5, 5.41) is 0.247. The van der Waals surface area contributed by atoms with Gasteiger partial charge in [-0.3, -0.25) is 0 Å². The van der Waals surface area contributed by atoms with E-state index in [0.717, 1.165) is 6.42 Å². The molecule has 0 aliphatic heterocycles. The average Bonchev–Trinajstić information content (AvgIpc) is 2.43. The highest BCUT2D eigenvalue weighted by molar-refractivity contribution is 6.21. The Balaban J connectivity index is 2.35. The van der Waals surface area contributed by atoms with Gasteiger partial charge in [-0.2, -0.15) is 0 Å². The molecule has 0 spiro atoms. The molecule has 0 N–H and O–H groups in total. The van der Waals surface area contributed by atoms with Crippen LogP contribution in [0.4, 0.5) is 0 Å². The third-order valence-electron chi connectivity index (χ3n) is 3.12. The zero-order chi connectivity index (χ0) is 10.1. The van der Waals surface area contributed by atoms with Gasteiger partial charge in [-0.15, -0.1) is 11.6 Å². The first-order valence-electron chi connectivity index (χ1n) is 5.49. The zero-order valence-corrected chi connectivity index (χ0v) is 9.64. The lowest BCUT2D eigenvalue weighted by molar-refractivity contribution is 0.733. The Morgan fingerprint density at radius 2 is 2.14 bits per heavy atom. The van der Waals surface area contributed by atoms with Gasteiger partial charge in [-0.25, -0.2) is 0 Å². The summed E-state index contributed by atoms with van der Waals surface area (Å²) in [7, 11) is 0. The fourth-order valence-corrected chi connectivity index (χ4v) is 2.81. The van der Waals surface area contributed by atoms with Crippen LogP contribution in [0.15, 0.2) is 18.2 Å². The predicted octanol–water partition coefficient (Wildman–Crippen LogP) is 4.43. The molecule has 0 saturated heterocycles. The van der Waals surface area contributed by atoms with Crippen LogP contribution >= 0.6 is 11.6 Å². The van der Waals surface area contributed by atoms with Gasteiger partial charge in [0.15, 0.2) is 0 Å². The van der Waals surface area contributed by atoms with E-state index in [1.54, 1.807) is 0 Å². The van der Waals surface area contributed by atoms with Gasteiger partial charge in [0.25, 0.3) is 0 Å². The van der Waals surface area contributed by atoms with Gasteiger partial charge < -0.3 is 0 Å². The lowest BCUT2D eigenvalue weighted by atomic mass is 10.00. The summed E-state index contributed by atoms with van der Waals surface area (Å²) >= 11 is 6.31. The van der Waals surface area contributed by atoms with Crippen LogP contribution in [0.1, 0.15) is 54.7 Å². The maximum absolute atomic E-state index is 6.31. The van der Waals surface area contributed by atoms with E-state index in [4.69, 9.17) is 11.6 Å². The second-order valence-electron chi connectivity index (χ2n) is 4.32. The number of alkyl halides is 1. The number of rotatable bonds is 2. The molecule has 14 heavy (non-hydrogen) atoms. The third kappa shape index (κ3) is 1.68. The van der Waals surface area contributed by atoms with Crippen LogP contribution in [0, 0.1) is 0 Å². The van der Waals surface area contributed by atoms with Crippen LogP contribution in [0.25, 0.3) is 0 Å². The van der Waals surface area contributed by atoms with Crippen molar-refractivity contribution in [2.45, 2.75) is 44.4 Å². The Kier molecular flexibility index (Phi) is 2.83. The molecule has 0 fully saturated rings. The van der Waals surface area contributed by atoms with Gasteiger partial charge in [0.1, 0.15) is 0 Å². The van der Waals surface area contributed by atoms with E-state index in [9.17, 15) is 0 Å². The van der Waals surface area contributed by atoms with Crippen molar-refractivity contribution in [3.63, 3.8) is 0 Å². The third-order valence-corrected chi connectivity index (χ3v) is 3.53. The Labute approximate surface area is 91.3 Å². The van der Waals surface area contributed by atoms with E-state index in [2.05, 4.69) is 32.0 Å². The smallest absolute Gasteiger partial charge is 0.0593 e. The van der Waals surface area contributed by atoms with Crippen LogP contribution in [0.5, 0.6) is 0 Å². The fourth-order valence-electron chi connectivity index (χ4n) is 2.35. The normalized spacial score (nSPS) is 25.1. The number of benzene rings is 1. The molecule has 76 valence electrons. The summed E-state index contributed by atoms with van der Waals surface area (Å²) in [4.78, 5) is 0. The molecule has 0 aromatic heterocycles. The minimum Gasteiger partial charge on any atom is -0.118 e. The average molecular weight is 209 g/mol. The molecule has 0 nitrogen and oxygen atoms in total. The van der Waals surface area contributed by atoms with E-state index >= 15 is 0 Å². The van der Waals surface area contributed by atoms with E-state index in [-0.39, 0.29) is 5.38 Å². The van der Waals surface area contributed by atoms with E-state index in [1.165, 1.54) is 29.5 Å². The summed E-state index contributed by atoms with van der Waals surface area (Å²) in [6.07, 6.45) is 3.49. The Bertz CT molecular complexity index is 330. The lowest BCUT2D eigenvalue weighted by Crippen LogP contribution is -1.90. The van der Waals surface area contributed by atoms with Crippen molar-refractivity contribution in [2.75, 3.05) is 0 Å². The van der Waals surface area contributed by atoms with Gasteiger partial charge in [-0.05, 0) is 35.4 Å². The molecule has 1 heteroatoms. The molecule has 1 aliphatic rings. The SMILES string of the molecule is CCCc1ccc2c(c1)C(Cl)CC2C. The summed E-state index contributed by atoms with van der Waals surface area (Å²) in [5.41, 5.74) is 4.28. The van der Waals surface area contributed by atoms with Crippen LogP contribution in [-0.4, -0.2) is 0 Å². The number of hydrogen-bond donors (Lipinski definition) is 0. The van der Waals surface area contributed by atoms with Crippen molar-refractivity contribution in [1.29, 1.82) is 0 Å². The maximum Gasteiger partial charge on any atom is 0.0593 e. The van der Waals surface area contributed by atoms with Crippen molar-refractivity contribution in [3.8, 4) is 0 Å². The summed E-state index contributed by atoms with van der Waals surface area (Å²) in [5.74, 6) is 0.642. The number of aryl methyl sites for hydroxylation is 1. The molecule has 0 radical (unpaired) electrons. The first-order chi connectivity index (χ1) is 6.72. The van der Waals surface area contributed by atoms with Crippen molar-refractivity contribution >= 4 is 11.6 Å². The minimum atomic E-state index is 0.247. The largest absolute Gasteiger partial charge is 0.118 e. The van der Waals surface area contributed by atoms with Gasteiger partial charge in [0, 0.05) is 0 Å². The number of hydrogen-bond acceptors (Lipinski definition) is 0. The Morgan fingerprint density at radius 3 is 2.86 bits per heavy atom. The van der Waals surface area contributed by atoms with E-state index in [0.29, 0.717) is 5.92 Å². The predicted molar refractivity (Wildman–Crippen MR) is 62.1 cm³/mol. The topological polar surface area (TPSA) is 0 Å². The summed E-state index contributed by atoms with van der Waals surface area (Å²) < 4.78 is 0. The van der Waals surface area contributed by atoms with Gasteiger partial charge in [-0.1, -0.05) is 38.5 Å². The van der Waals surface area contributed by atoms with Crippen LogP contribution in [0.2, 0.25) is 0 Å². The second kappa shape index (κ2) is 3.94. The first-order valence-corrected chi connectivity index (χ1v) is 5.92. The highest BCUT2D eigenvalue weighted by atomic mass is 35.5. The van der Waals surface area contributed by atoms with Crippen molar-refractivity contribution in [1.82, 2.24) is 0 Å². The highest BCUT2D eigenvalue weighted by Crippen LogP contribution is 2.43. The number of halogens is 1. The molecule has 0 heterocycles. The molecule has 1 aromatic rings. The van der Waals surface area contributed by atoms with Gasteiger partial charge >= 0.3 is 0 Å². The van der Waals surface area contributed by atoms with Gasteiger partial charge in [0.05, 0.1) is 5.38 Å². The zero-order valence-electron chi connectivity index (χ0n) is 8.89. The quantitative estimate of drug-likeness (QED) is 0.631. The fraction of sp³-hybridized carbons (Fsp3) is 0.538. The summed E-state index contributed by atoms with van der Waals surface area (Å²) in [6, 6.07) is 6.83. The molecule has 2 rings (SSSR count). The van der Waals surface area contributed by atoms with Crippen molar-refractivity contribution in [2.24, 2.45) is 0 Å². The molecule has 1 aromatic carbocycles. The molecule has 0 saturated carbocycles. The minimum absolute atomic E-state index is 0.247. The molecular weight excluding hydrogens is 192 g/mol. The van der Waals surface area contributed by atoms with Crippen molar-refractivity contribution in [3.05, 3.63) is 34.9 Å². The van der Waals surface area contributed by atoms with Crippen LogP contribution < -0.4 is 0 Å². The standard InChI is InChI=1S/C13H17Cl/c1-3-4-10-5-6-11-9(2)7-13(14)12(11)8-10/h5-6,8-9,13H,3-4,7H2,1-2H3. The molecule has 2 atom stereocenters. The first kappa shape index (κ1) is 10.0. The molecule has 0 amide bonds. The Morgan fingerprint density at radius 1 is 1.36 bits per heavy atom. The van der Waals surface area contributed by atoms with Crippen molar-refractivity contribution < 1.29 is 0 Å². The molecular formula is C13H17Cl. The van der Waals surface area contributed by atoms with E-state index < -0.39 is 0 Å². The summed E-state index contributed by atoms with van der Waals surface area (Å²) in [6.45, 7) is 4.48. The monoisotopic (exact) mass is 208 g/mol. The maximum atomic E-state index is 6.31. The second-order valence-corrected chi connectivity index (χ2v) is 4.84. The molecule has 2 unspecified atom stereocenters. The highest BCUT2D eigenvalue weighted by Gasteiger charge is 2.26. The number of fused-ring (bicyclic) bond motifs is 1. The Hall–Kier alpha value is -0.490. The van der Waals surface area contributed by atoms with Crippen LogP contribution in [-0.2, 0) is 6.42 Å². The van der Waals surface area contributed by atoms with Crippen LogP contribution in [0.3, 0.4) is 0 Å². The lowest BCUT2D eigenvalue weighted by Gasteiger charge is -2.06. The molecule has 0 bridgehead atoms. The van der Waals surface area contributed by atoms with Gasteiger partial charge in [0.2, 0.25) is 0 Å².